The van der Waals surface area contributed by atoms with E-state index in [4.69, 9.17) is 9.47 Å². The highest BCUT2D eigenvalue weighted by molar-refractivity contribution is 7.99. The summed E-state index contributed by atoms with van der Waals surface area (Å²) in [5.41, 5.74) is 1.83. The van der Waals surface area contributed by atoms with Crippen LogP contribution in [0.5, 0.6) is 11.5 Å². The molecule has 1 heterocycles. The molecule has 1 aliphatic heterocycles. The lowest BCUT2D eigenvalue weighted by molar-refractivity contribution is -0.0670. The zero-order valence-corrected chi connectivity index (χ0v) is 14.3. The second-order valence-electron chi connectivity index (χ2n) is 7.55. The Morgan fingerprint density at radius 1 is 1.36 bits per heavy atom. The number of hydrogen-bond donors (Lipinski definition) is 1. The molecule has 1 N–H and O–H groups in total. The molecule has 3 nitrogen and oxygen atoms in total. The molecule has 4 atom stereocenters. The van der Waals surface area contributed by atoms with Crippen molar-refractivity contribution >= 4 is 11.8 Å². The number of methoxy groups -OCH3 is 1. The lowest BCUT2D eigenvalue weighted by Crippen LogP contribution is -2.45. The number of aromatic hydroxyl groups is 1. The van der Waals surface area contributed by atoms with Gasteiger partial charge in [0.1, 0.15) is 5.44 Å². The predicted octanol–water partition coefficient (Wildman–Crippen LogP) is 4.36. The van der Waals surface area contributed by atoms with Gasteiger partial charge in [0, 0.05) is 11.2 Å². The number of thioether (sulfide) groups is 1. The molecule has 0 amide bonds. The third kappa shape index (κ3) is 1.80. The number of rotatable bonds is 2. The molecule has 0 aromatic heterocycles. The average Bonchev–Trinajstić information content (AvgIpc) is 2.88. The van der Waals surface area contributed by atoms with Gasteiger partial charge in [-0.25, -0.2) is 0 Å². The number of phenolic OH excluding ortho intramolecular Hbond substituents is 1. The Bertz CT molecular complexity index is 600. The SMILES string of the molecule is COc1ccc([C@H]2O[C@@H]3C[C@@H]4CC[C@@]3(CS2)C4(C)C)cc1O. The number of hydrogen-bond acceptors (Lipinski definition) is 4. The molecule has 3 fully saturated rings. The van der Waals surface area contributed by atoms with Gasteiger partial charge in [-0.05, 0) is 48.3 Å². The maximum Gasteiger partial charge on any atom is 0.160 e. The van der Waals surface area contributed by atoms with Crippen molar-refractivity contribution in [3.8, 4) is 11.5 Å². The first-order valence-electron chi connectivity index (χ1n) is 8.12. The van der Waals surface area contributed by atoms with Crippen molar-refractivity contribution in [2.24, 2.45) is 16.7 Å². The highest BCUT2D eigenvalue weighted by atomic mass is 32.2. The van der Waals surface area contributed by atoms with Crippen LogP contribution in [0.15, 0.2) is 18.2 Å². The van der Waals surface area contributed by atoms with Gasteiger partial charge in [-0.3, -0.25) is 0 Å². The molecule has 1 aromatic carbocycles. The van der Waals surface area contributed by atoms with Crippen LogP contribution in [0.3, 0.4) is 0 Å². The van der Waals surface area contributed by atoms with E-state index in [0.717, 1.165) is 11.5 Å². The van der Waals surface area contributed by atoms with Crippen molar-refractivity contribution in [3.05, 3.63) is 23.8 Å². The van der Waals surface area contributed by atoms with Gasteiger partial charge in [0.25, 0.3) is 0 Å². The minimum Gasteiger partial charge on any atom is -0.504 e. The molecule has 2 saturated carbocycles. The molecule has 3 aliphatic rings. The zero-order chi connectivity index (χ0) is 15.5. The summed E-state index contributed by atoms with van der Waals surface area (Å²) in [5.74, 6) is 2.68. The van der Waals surface area contributed by atoms with Crippen LogP contribution in [-0.4, -0.2) is 24.1 Å². The number of phenols is 1. The largest absolute Gasteiger partial charge is 0.504 e. The van der Waals surface area contributed by atoms with Crippen molar-refractivity contribution in [3.63, 3.8) is 0 Å². The van der Waals surface area contributed by atoms with E-state index in [0.29, 0.717) is 22.7 Å². The molecule has 1 aromatic rings. The van der Waals surface area contributed by atoms with Gasteiger partial charge >= 0.3 is 0 Å². The van der Waals surface area contributed by atoms with Crippen LogP contribution in [0.25, 0.3) is 0 Å². The van der Waals surface area contributed by atoms with E-state index in [-0.39, 0.29) is 11.2 Å². The molecule has 4 heteroatoms. The summed E-state index contributed by atoms with van der Waals surface area (Å²) in [6, 6.07) is 5.61. The minimum absolute atomic E-state index is 0.0302. The summed E-state index contributed by atoms with van der Waals surface area (Å²) in [5, 5.41) is 10.0. The fourth-order valence-corrected chi connectivity index (χ4v) is 6.67. The molecule has 1 spiro atoms. The van der Waals surface area contributed by atoms with Crippen LogP contribution < -0.4 is 4.74 Å². The second-order valence-corrected chi connectivity index (χ2v) is 8.60. The molecule has 0 radical (unpaired) electrons. The Kier molecular flexibility index (Phi) is 3.22. The highest BCUT2D eigenvalue weighted by Crippen LogP contribution is 2.70. The first-order valence-corrected chi connectivity index (χ1v) is 9.17. The quantitative estimate of drug-likeness (QED) is 0.879. The monoisotopic (exact) mass is 320 g/mol. The van der Waals surface area contributed by atoms with E-state index in [9.17, 15) is 5.11 Å². The standard InChI is InChI=1S/C18H24O3S/c1-17(2)12-6-7-18(17)10-22-16(21-15(18)9-12)11-4-5-14(20-3)13(19)8-11/h4-5,8,12,15-16,19H,6-7,9-10H2,1-3H3/t12-,15+,16-,18-/m0/s1. The fraction of sp³-hybridized carbons (Fsp3) is 0.667. The normalized spacial score (nSPS) is 38.8. The topological polar surface area (TPSA) is 38.7 Å². The third-order valence-electron chi connectivity index (χ3n) is 6.61. The summed E-state index contributed by atoms with van der Waals surface area (Å²) >= 11 is 1.89. The first-order chi connectivity index (χ1) is 10.5. The number of benzene rings is 1. The fourth-order valence-electron chi connectivity index (χ4n) is 4.97. The molecular weight excluding hydrogens is 296 g/mol. The lowest BCUT2D eigenvalue weighted by Gasteiger charge is -2.47. The van der Waals surface area contributed by atoms with E-state index in [1.54, 1.807) is 13.2 Å². The Morgan fingerprint density at radius 2 is 2.18 bits per heavy atom. The Labute approximate surface area is 136 Å². The van der Waals surface area contributed by atoms with E-state index in [1.165, 1.54) is 25.0 Å². The molecule has 22 heavy (non-hydrogen) atoms. The first kappa shape index (κ1) is 14.7. The zero-order valence-electron chi connectivity index (χ0n) is 13.5. The van der Waals surface area contributed by atoms with Crippen LogP contribution in [0.4, 0.5) is 0 Å². The van der Waals surface area contributed by atoms with Crippen LogP contribution >= 0.6 is 11.8 Å². The van der Waals surface area contributed by atoms with Crippen molar-refractivity contribution in [2.75, 3.05) is 12.9 Å². The number of ether oxygens (including phenoxy) is 2. The van der Waals surface area contributed by atoms with Crippen molar-refractivity contribution in [1.29, 1.82) is 0 Å². The summed E-state index contributed by atoms with van der Waals surface area (Å²) in [4.78, 5) is 0. The summed E-state index contributed by atoms with van der Waals surface area (Å²) in [6.07, 6.45) is 4.24. The van der Waals surface area contributed by atoms with Gasteiger partial charge < -0.3 is 14.6 Å². The molecule has 1 saturated heterocycles. The van der Waals surface area contributed by atoms with Crippen LogP contribution in [0.1, 0.15) is 44.1 Å². The Balaban J connectivity index is 1.58. The summed E-state index contributed by atoms with van der Waals surface area (Å²) in [6.45, 7) is 4.88. The van der Waals surface area contributed by atoms with Crippen LogP contribution in [0.2, 0.25) is 0 Å². The second kappa shape index (κ2) is 4.81. The number of fused-ring (bicyclic) bond motifs is 1. The van der Waals surface area contributed by atoms with Crippen LogP contribution in [-0.2, 0) is 4.74 Å². The maximum atomic E-state index is 10.0. The Hall–Kier alpha value is -0.870. The molecule has 2 bridgehead atoms. The van der Waals surface area contributed by atoms with E-state index < -0.39 is 0 Å². The molecule has 0 unspecified atom stereocenters. The van der Waals surface area contributed by atoms with Gasteiger partial charge in [-0.15, -0.1) is 11.8 Å². The van der Waals surface area contributed by atoms with E-state index in [1.807, 2.05) is 23.9 Å². The van der Waals surface area contributed by atoms with Crippen molar-refractivity contribution < 1.29 is 14.6 Å². The van der Waals surface area contributed by atoms with Gasteiger partial charge in [-0.2, -0.15) is 0 Å². The molecule has 4 rings (SSSR count). The van der Waals surface area contributed by atoms with Crippen LogP contribution in [0, 0.1) is 16.7 Å². The lowest BCUT2D eigenvalue weighted by atomic mass is 9.69. The summed E-state index contributed by atoms with van der Waals surface area (Å²) in [7, 11) is 1.57. The maximum absolute atomic E-state index is 10.0. The smallest absolute Gasteiger partial charge is 0.160 e. The van der Waals surface area contributed by atoms with Gasteiger partial charge in [0.15, 0.2) is 11.5 Å². The Morgan fingerprint density at radius 3 is 2.86 bits per heavy atom. The van der Waals surface area contributed by atoms with Crippen molar-refractivity contribution in [1.82, 2.24) is 0 Å². The molecular formula is C18H24O3S. The van der Waals surface area contributed by atoms with E-state index >= 15 is 0 Å². The van der Waals surface area contributed by atoms with Gasteiger partial charge in [-0.1, -0.05) is 19.9 Å². The predicted molar refractivity (Wildman–Crippen MR) is 88.3 cm³/mol. The van der Waals surface area contributed by atoms with Gasteiger partial charge in [0.2, 0.25) is 0 Å². The summed E-state index contributed by atoms with van der Waals surface area (Å²) < 4.78 is 11.6. The molecule has 120 valence electrons. The van der Waals surface area contributed by atoms with Gasteiger partial charge in [0.05, 0.1) is 13.2 Å². The average molecular weight is 320 g/mol. The molecule has 2 aliphatic carbocycles. The van der Waals surface area contributed by atoms with Crippen molar-refractivity contribution in [2.45, 2.75) is 44.6 Å². The third-order valence-corrected chi connectivity index (χ3v) is 7.98. The van der Waals surface area contributed by atoms with E-state index in [2.05, 4.69) is 13.8 Å². The highest BCUT2D eigenvalue weighted by Gasteiger charge is 2.66. The minimum atomic E-state index is 0.0302.